The molecular weight excluding hydrogens is 1000 g/mol. The molecule has 0 saturated carbocycles. The van der Waals surface area contributed by atoms with E-state index >= 15 is 0 Å². The molecule has 0 saturated heterocycles. The third-order valence-electron chi connectivity index (χ3n) is 12.2. The number of fused-ring (bicyclic) bond motifs is 4. The normalized spacial score (nSPS) is 11.9. The molecular formula is C60H39N6Pt-3. The Labute approximate surface area is 404 Å². The number of aromatic nitrogens is 4. The first-order valence-electron chi connectivity index (χ1n) is 22.0. The number of hydrogen-bond acceptors (Lipinski definition) is 5. The van der Waals surface area contributed by atoms with Crippen molar-refractivity contribution in [3.63, 3.8) is 0 Å². The maximum Gasteiger partial charge on any atom is 0.136 e. The molecule has 0 aliphatic carbocycles. The molecule has 7 aromatic carbocycles. The van der Waals surface area contributed by atoms with Gasteiger partial charge in [0, 0.05) is 73.4 Å². The topological polar surface area (TPSA) is 50.1 Å². The molecule has 0 atom stereocenters. The van der Waals surface area contributed by atoms with Crippen LogP contribution in [0.5, 0.6) is 0 Å². The maximum absolute atomic E-state index is 4.91. The van der Waals surface area contributed by atoms with Crippen molar-refractivity contribution in [2.24, 2.45) is 0 Å². The quantitative estimate of drug-likeness (QED) is 0.135. The van der Waals surface area contributed by atoms with Gasteiger partial charge in [0.05, 0.1) is 11.4 Å². The van der Waals surface area contributed by atoms with E-state index in [1.54, 1.807) is 0 Å². The Morgan fingerprint density at radius 3 is 1.70 bits per heavy atom. The molecule has 0 bridgehead atoms. The summed E-state index contributed by atoms with van der Waals surface area (Å²) < 4.78 is 2.22. The van der Waals surface area contributed by atoms with Gasteiger partial charge in [0.25, 0.3) is 0 Å². The average molecular weight is 1040 g/mol. The van der Waals surface area contributed by atoms with Crippen LogP contribution >= 0.6 is 0 Å². The number of benzene rings is 7. The molecule has 1 aliphatic heterocycles. The molecule has 0 radical (unpaired) electrons. The summed E-state index contributed by atoms with van der Waals surface area (Å²) in [6.45, 7) is 2.16. The SMILES string of the molecule is [Pt].[c-]1c(C(=C(c2ccnc(-c3ccccc3)c2)c2ccnc(-c3ccccc3)c2)c2[c-]c3c(cc2)c2ccccc2n3-c2ccccn2)cccc1N1[CH-]N(c2ccccc2)c2ccccc21. The zero-order chi connectivity index (χ0) is 43.8. The van der Waals surface area contributed by atoms with E-state index in [1.165, 1.54) is 0 Å². The third kappa shape index (κ3) is 7.71. The van der Waals surface area contributed by atoms with Crippen molar-refractivity contribution in [3.05, 3.63) is 272 Å². The Hall–Kier alpha value is -8.18. The molecule has 322 valence electrons. The molecule has 67 heavy (non-hydrogen) atoms. The van der Waals surface area contributed by atoms with Crippen molar-refractivity contribution < 1.29 is 21.1 Å². The summed E-state index contributed by atoms with van der Waals surface area (Å²) in [6, 6.07) is 81.7. The van der Waals surface area contributed by atoms with Crippen molar-refractivity contribution >= 4 is 55.7 Å². The van der Waals surface area contributed by atoms with Gasteiger partial charge in [-0.1, -0.05) is 126 Å². The van der Waals surface area contributed by atoms with Crippen LogP contribution < -0.4 is 9.80 Å². The van der Waals surface area contributed by atoms with E-state index in [2.05, 4.69) is 215 Å². The van der Waals surface area contributed by atoms with E-state index in [4.69, 9.17) is 15.0 Å². The van der Waals surface area contributed by atoms with Gasteiger partial charge in [-0.05, 0) is 94.3 Å². The predicted molar refractivity (Wildman–Crippen MR) is 269 cm³/mol. The van der Waals surface area contributed by atoms with Crippen LogP contribution in [0.3, 0.4) is 0 Å². The standard InChI is InChI=1S/C60H39N6.Pt/c1-4-17-42(18-5-1)52-38-46(32-35-61-52)60(47-33-36-62-53(39-47)43-19-6-2-7-20-43)59(45-30-31-51-50-25-10-11-26-54(50)66(57(51)40-45)58-29-14-15-34-63-58)44-21-16-24-49(37-44)65-41-64(48-22-8-3-9-23-48)55-27-12-13-28-56(55)65;/h1-36,38-39,41H;/q-3;. The zero-order valence-corrected chi connectivity index (χ0v) is 38.3. The van der Waals surface area contributed by atoms with Crippen LogP contribution in [0.25, 0.3) is 61.3 Å². The first-order chi connectivity index (χ1) is 32.7. The summed E-state index contributed by atoms with van der Waals surface area (Å²) in [5, 5.41) is 2.23. The van der Waals surface area contributed by atoms with E-state index < -0.39 is 0 Å². The first-order valence-corrected chi connectivity index (χ1v) is 22.0. The first kappa shape index (κ1) is 41.5. The molecule has 0 spiro atoms. The van der Waals surface area contributed by atoms with E-state index in [1.807, 2.05) is 48.9 Å². The molecule has 12 rings (SSSR count). The van der Waals surface area contributed by atoms with Gasteiger partial charge in [-0.3, -0.25) is 9.97 Å². The summed E-state index contributed by atoms with van der Waals surface area (Å²) in [5.41, 5.74) is 15.7. The van der Waals surface area contributed by atoms with Crippen LogP contribution in [-0.4, -0.2) is 19.5 Å². The smallest absolute Gasteiger partial charge is 0.136 e. The van der Waals surface area contributed by atoms with Crippen molar-refractivity contribution in [1.29, 1.82) is 0 Å². The predicted octanol–water partition coefficient (Wildman–Crippen LogP) is 14.3. The molecule has 0 amide bonds. The van der Waals surface area contributed by atoms with Gasteiger partial charge in [0.1, 0.15) is 5.82 Å². The van der Waals surface area contributed by atoms with E-state index in [0.717, 1.165) is 106 Å². The Balaban J connectivity index is 0.00000494. The molecule has 0 fully saturated rings. The minimum Gasteiger partial charge on any atom is -0.488 e. The number of pyridine rings is 3. The van der Waals surface area contributed by atoms with Gasteiger partial charge in [-0.2, -0.15) is 0 Å². The number of hydrogen-bond donors (Lipinski definition) is 0. The summed E-state index contributed by atoms with van der Waals surface area (Å²) >= 11 is 0. The van der Waals surface area contributed by atoms with Crippen molar-refractivity contribution in [1.82, 2.24) is 19.5 Å². The second-order valence-corrected chi connectivity index (χ2v) is 16.1. The molecule has 11 aromatic rings. The Morgan fingerprint density at radius 1 is 0.433 bits per heavy atom. The summed E-state index contributed by atoms with van der Waals surface area (Å²) in [6.07, 6.45) is 5.67. The number of nitrogens with zero attached hydrogens (tertiary/aromatic N) is 6. The van der Waals surface area contributed by atoms with Gasteiger partial charge in [0.15, 0.2) is 0 Å². The van der Waals surface area contributed by atoms with Gasteiger partial charge in [-0.15, -0.1) is 65.8 Å². The molecule has 5 heterocycles. The summed E-state index contributed by atoms with van der Waals surface area (Å²) in [4.78, 5) is 19.1. The van der Waals surface area contributed by atoms with E-state index in [9.17, 15) is 0 Å². The number of rotatable bonds is 9. The maximum atomic E-state index is 4.91. The van der Waals surface area contributed by atoms with Gasteiger partial charge < -0.3 is 14.4 Å². The average Bonchev–Trinajstić information content (AvgIpc) is 3.95. The van der Waals surface area contributed by atoms with Crippen LogP contribution in [0.15, 0.2) is 231 Å². The van der Waals surface area contributed by atoms with E-state index in [0.29, 0.717) is 0 Å². The molecule has 4 aromatic heterocycles. The second kappa shape index (κ2) is 18.0. The zero-order valence-electron chi connectivity index (χ0n) is 36.0. The Morgan fingerprint density at radius 2 is 1.03 bits per heavy atom. The van der Waals surface area contributed by atoms with Crippen LogP contribution in [0.2, 0.25) is 0 Å². The van der Waals surface area contributed by atoms with E-state index in [-0.39, 0.29) is 21.1 Å². The Bertz CT molecular complexity index is 3490. The third-order valence-corrected chi connectivity index (χ3v) is 12.2. The molecule has 0 N–H and O–H groups in total. The van der Waals surface area contributed by atoms with Gasteiger partial charge in [-0.25, -0.2) is 4.98 Å². The Kier molecular flexibility index (Phi) is 11.2. The molecule has 1 aliphatic rings. The summed E-state index contributed by atoms with van der Waals surface area (Å²) in [5.74, 6) is 0.825. The molecule has 0 unspecified atom stereocenters. The molecule has 6 nitrogen and oxygen atoms in total. The monoisotopic (exact) mass is 1040 g/mol. The van der Waals surface area contributed by atoms with Crippen LogP contribution in [0, 0.1) is 18.8 Å². The fourth-order valence-electron chi connectivity index (χ4n) is 9.18. The number of anilines is 4. The van der Waals surface area contributed by atoms with Gasteiger partial charge >= 0.3 is 0 Å². The second-order valence-electron chi connectivity index (χ2n) is 16.1. The fourth-order valence-corrected chi connectivity index (χ4v) is 9.18. The van der Waals surface area contributed by atoms with Crippen molar-refractivity contribution in [2.45, 2.75) is 0 Å². The largest absolute Gasteiger partial charge is 0.488 e. The van der Waals surface area contributed by atoms with Crippen LogP contribution in [-0.2, 0) is 21.1 Å². The van der Waals surface area contributed by atoms with Gasteiger partial charge in [0.2, 0.25) is 0 Å². The molecule has 7 heteroatoms. The van der Waals surface area contributed by atoms with Crippen molar-refractivity contribution in [2.75, 3.05) is 9.80 Å². The number of para-hydroxylation sites is 4. The van der Waals surface area contributed by atoms with Crippen LogP contribution in [0.4, 0.5) is 22.7 Å². The summed E-state index contributed by atoms with van der Waals surface area (Å²) in [7, 11) is 0. The minimum atomic E-state index is 0. The van der Waals surface area contributed by atoms with Crippen molar-refractivity contribution in [3.8, 4) is 28.3 Å². The van der Waals surface area contributed by atoms with Crippen LogP contribution in [0.1, 0.15) is 22.3 Å². The minimum absolute atomic E-state index is 0. The fraction of sp³-hybridized carbons (Fsp3) is 0.